The highest BCUT2D eigenvalue weighted by atomic mass is 79.9. The van der Waals surface area contributed by atoms with Crippen molar-refractivity contribution in [3.63, 3.8) is 0 Å². The van der Waals surface area contributed by atoms with E-state index in [-0.39, 0.29) is 23.8 Å². The van der Waals surface area contributed by atoms with Crippen molar-refractivity contribution in [2.45, 2.75) is 51.1 Å². The lowest BCUT2D eigenvalue weighted by molar-refractivity contribution is -0.132. The van der Waals surface area contributed by atoms with Crippen molar-refractivity contribution in [2.24, 2.45) is 5.73 Å². The van der Waals surface area contributed by atoms with Gasteiger partial charge in [0.05, 0.1) is 0 Å². The normalized spacial score (nSPS) is 16.9. The van der Waals surface area contributed by atoms with E-state index in [2.05, 4.69) is 31.9 Å². The Bertz CT molecular complexity index is 1190. The molecule has 6 nitrogen and oxygen atoms in total. The van der Waals surface area contributed by atoms with Crippen LogP contribution in [0, 0.1) is 0 Å². The Labute approximate surface area is 219 Å². The first-order valence-electron chi connectivity index (χ1n) is 12.1. The second kappa shape index (κ2) is 11.6. The van der Waals surface area contributed by atoms with E-state index in [1.807, 2.05) is 47.4 Å². The molecule has 35 heavy (non-hydrogen) atoms. The van der Waals surface area contributed by atoms with Crippen LogP contribution in [-0.4, -0.2) is 47.0 Å². The molecule has 1 aliphatic rings. The molecule has 1 aromatic heterocycles. The summed E-state index contributed by atoms with van der Waals surface area (Å²) in [4.78, 5) is 26.5. The molecule has 2 amide bonds. The Kier molecular flexibility index (Phi) is 8.52. The SMILES string of the molecule is CC(=O)NCCn1c(C2CCCN(C(=O)C[C@H](N)Cc3ccc(Br)cc3)C2)cc2ccc(Cl)cc21. The van der Waals surface area contributed by atoms with Crippen LogP contribution in [-0.2, 0) is 22.6 Å². The maximum absolute atomic E-state index is 13.1. The fourth-order valence-electron chi connectivity index (χ4n) is 4.97. The molecule has 3 aromatic rings. The third-order valence-corrected chi connectivity index (χ3v) is 7.41. The quantitative estimate of drug-likeness (QED) is 0.414. The number of aromatic nitrogens is 1. The highest BCUT2D eigenvalue weighted by Crippen LogP contribution is 2.33. The summed E-state index contributed by atoms with van der Waals surface area (Å²) in [6, 6.07) is 16.0. The average Bonchev–Trinajstić information content (AvgIpc) is 3.18. The molecule has 1 saturated heterocycles. The molecule has 2 aromatic carbocycles. The van der Waals surface area contributed by atoms with E-state index >= 15 is 0 Å². The molecular weight excluding hydrogens is 528 g/mol. The van der Waals surface area contributed by atoms with Crippen LogP contribution in [0.4, 0.5) is 0 Å². The topological polar surface area (TPSA) is 80.4 Å². The maximum Gasteiger partial charge on any atom is 0.224 e. The van der Waals surface area contributed by atoms with E-state index in [0.29, 0.717) is 37.5 Å². The zero-order valence-corrected chi connectivity index (χ0v) is 22.3. The summed E-state index contributed by atoms with van der Waals surface area (Å²) in [6.45, 7) is 4.16. The smallest absolute Gasteiger partial charge is 0.224 e. The first-order valence-corrected chi connectivity index (χ1v) is 13.3. The number of likely N-dealkylation sites (tertiary alicyclic amines) is 1. The molecule has 3 N–H and O–H groups in total. The van der Waals surface area contributed by atoms with Gasteiger partial charge in [-0.25, -0.2) is 0 Å². The van der Waals surface area contributed by atoms with Gasteiger partial charge in [0.25, 0.3) is 0 Å². The number of amides is 2. The lowest BCUT2D eigenvalue weighted by atomic mass is 9.93. The number of rotatable bonds is 8. The van der Waals surface area contributed by atoms with Crippen molar-refractivity contribution in [3.05, 3.63) is 69.3 Å². The lowest BCUT2D eigenvalue weighted by Gasteiger charge is -2.34. The van der Waals surface area contributed by atoms with Crippen LogP contribution in [0.1, 0.15) is 43.4 Å². The van der Waals surface area contributed by atoms with Gasteiger partial charge in [0.15, 0.2) is 0 Å². The van der Waals surface area contributed by atoms with E-state index in [4.69, 9.17) is 17.3 Å². The highest BCUT2D eigenvalue weighted by molar-refractivity contribution is 9.10. The summed E-state index contributed by atoms with van der Waals surface area (Å²) < 4.78 is 3.27. The summed E-state index contributed by atoms with van der Waals surface area (Å²) in [5.41, 5.74) is 9.73. The third-order valence-electron chi connectivity index (χ3n) is 6.65. The Morgan fingerprint density at radius 3 is 2.71 bits per heavy atom. The number of nitrogens with two attached hydrogens (primary N) is 1. The van der Waals surface area contributed by atoms with Crippen LogP contribution in [0.25, 0.3) is 10.9 Å². The summed E-state index contributed by atoms with van der Waals surface area (Å²) >= 11 is 9.75. The van der Waals surface area contributed by atoms with Gasteiger partial charge in [-0.2, -0.15) is 0 Å². The van der Waals surface area contributed by atoms with Crippen LogP contribution in [0.15, 0.2) is 53.0 Å². The zero-order chi connectivity index (χ0) is 24.9. The van der Waals surface area contributed by atoms with Gasteiger partial charge in [0, 0.05) is 72.2 Å². The number of carbonyl (C=O) groups excluding carboxylic acids is 2. The first kappa shape index (κ1) is 25.7. The summed E-state index contributed by atoms with van der Waals surface area (Å²) in [5.74, 6) is 0.289. The Morgan fingerprint density at radius 2 is 1.97 bits per heavy atom. The van der Waals surface area contributed by atoms with Crippen molar-refractivity contribution in [1.29, 1.82) is 0 Å². The minimum Gasteiger partial charge on any atom is -0.355 e. The monoisotopic (exact) mass is 558 g/mol. The molecule has 186 valence electrons. The lowest BCUT2D eigenvalue weighted by Crippen LogP contribution is -2.42. The molecule has 0 radical (unpaired) electrons. The molecule has 0 spiro atoms. The van der Waals surface area contributed by atoms with Crippen LogP contribution in [0.5, 0.6) is 0 Å². The number of hydrogen-bond donors (Lipinski definition) is 2. The fraction of sp³-hybridized carbons (Fsp3) is 0.407. The molecular formula is C27H32BrClN4O2. The molecule has 8 heteroatoms. The number of piperidine rings is 1. The largest absolute Gasteiger partial charge is 0.355 e. The number of nitrogens with zero attached hydrogens (tertiary/aromatic N) is 2. The van der Waals surface area contributed by atoms with Crippen molar-refractivity contribution < 1.29 is 9.59 Å². The number of nitrogens with one attached hydrogen (secondary N) is 1. The van der Waals surface area contributed by atoms with Gasteiger partial charge in [-0.1, -0.05) is 45.7 Å². The molecule has 2 heterocycles. The summed E-state index contributed by atoms with van der Waals surface area (Å²) in [7, 11) is 0. The first-order chi connectivity index (χ1) is 16.8. The maximum atomic E-state index is 13.1. The Hall–Kier alpha value is -2.35. The highest BCUT2D eigenvalue weighted by Gasteiger charge is 2.28. The van der Waals surface area contributed by atoms with Crippen LogP contribution >= 0.6 is 27.5 Å². The van der Waals surface area contributed by atoms with Crippen molar-refractivity contribution in [1.82, 2.24) is 14.8 Å². The third kappa shape index (κ3) is 6.66. The second-order valence-electron chi connectivity index (χ2n) is 9.38. The van der Waals surface area contributed by atoms with E-state index in [1.165, 1.54) is 12.6 Å². The molecule has 4 rings (SSSR count). The van der Waals surface area contributed by atoms with Crippen LogP contribution < -0.4 is 11.1 Å². The number of fused-ring (bicyclic) bond motifs is 1. The van der Waals surface area contributed by atoms with Crippen LogP contribution in [0.2, 0.25) is 5.02 Å². The van der Waals surface area contributed by atoms with E-state index in [1.54, 1.807) is 0 Å². The number of benzene rings is 2. The van der Waals surface area contributed by atoms with Gasteiger partial charge < -0.3 is 20.5 Å². The summed E-state index contributed by atoms with van der Waals surface area (Å²) in [6.07, 6.45) is 2.98. The van der Waals surface area contributed by atoms with Crippen molar-refractivity contribution >= 4 is 50.2 Å². The molecule has 1 fully saturated rings. The van der Waals surface area contributed by atoms with E-state index < -0.39 is 0 Å². The minimum absolute atomic E-state index is 0.0463. The predicted molar refractivity (Wildman–Crippen MR) is 145 cm³/mol. The fourth-order valence-corrected chi connectivity index (χ4v) is 5.41. The van der Waals surface area contributed by atoms with Crippen molar-refractivity contribution in [2.75, 3.05) is 19.6 Å². The Balaban J connectivity index is 1.46. The molecule has 0 aliphatic carbocycles. The van der Waals surface area contributed by atoms with Gasteiger partial charge in [-0.15, -0.1) is 0 Å². The van der Waals surface area contributed by atoms with Crippen LogP contribution in [0.3, 0.4) is 0 Å². The average molecular weight is 560 g/mol. The van der Waals surface area contributed by atoms with Gasteiger partial charge in [-0.3, -0.25) is 9.59 Å². The Morgan fingerprint density at radius 1 is 1.20 bits per heavy atom. The number of hydrogen-bond acceptors (Lipinski definition) is 3. The van der Waals surface area contributed by atoms with E-state index in [0.717, 1.165) is 40.3 Å². The van der Waals surface area contributed by atoms with Gasteiger partial charge in [0.1, 0.15) is 0 Å². The van der Waals surface area contributed by atoms with Gasteiger partial charge in [-0.05, 0) is 60.5 Å². The van der Waals surface area contributed by atoms with E-state index in [9.17, 15) is 9.59 Å². The molecule has 1 aliphatic heterocycles. The zero-order valence-electron chi connectivity index (χ0n) is 20.0. The predicted octanol–water partition coefficient (Wildman–Crippen LogP) is 4.86. The molecule has 1 unspecified atom stereocenters. The molecule has 2 atom stereocenters. The second-order valence-corrected chi connectivity index (χ2v) is 10.7. The van der Waals surface area contributed by atoms with Gasteiger partial charge in [0.2, 0.25) is 11.8 Å². The number of halogens is 2. The molecule has 0 bridgehead atoms. The van der Waals surface area contributed by atoms with Gasteiger partial charge >= 0.3 is 0 Å². The minimum atomic E-state index is -0.213. The van der Waals surface area contributed by atoms with Crippen molar-refractivity contribution in [3.8, 4) is 0 Å². The number of carbonyl (C=O) groups is 2. The standard InChI is InChI=1S/C27H32BrClN4O2/c1-18(34)31-10-12-33-25(14-20-6-9-23(29)15-26(20)33)21-3-2-11-32(17-21)27(35)16-24(30)13-19-4-7-22(28)8-5-19/h4-9,14-15,21,24H,2-3,10-13,16-17,30H2,1H3,(H,31,34)/t21?,24-/m1/s1. The molecule has 0 saturated carbocycles. The summed E-state index contributed by atoms with van der Waals surface area (Å²) in [5, 5.41) is 4.69.